The van der Waals surface area contributed by atoms with Crippen molar-refractivity contribution in [1.29, 1.82) is 0 Å². The Morgan fingerprint density at radius 1 is 0.878 bits per heavy atom. The summed E-state index contributed by atoms with van der Waals surface area (Å²) in [5, 5.41) is 35.4. The van der Waals surface area contributed by atoms with Crippen LogP contribution in [0, 0.1) is 0 Å². The van der Waals surface area contributed by atoms with Gasteiger partial charge in [-0.1, -0.05) is 41.6 Å². The SMILES string of the molecule is Clc1ccc2c(c1)C(OCCN1CCNCC1)Cc1ccccc1S2.O=C(O)/C=C\C(=O)O.O=C(O)/C=C\C(=O)O. The first-order valence-electron chi connectivity index (χ1n) is 12.4. The number of benzene rings is 2. The first-order valence-corrected chi connectivity index (χ1v) is 13.6. The third-order valence-electron chi connectivity index (χ3n) is 5.59. The first kappa shape index (κ1) is 33.5. The molecule has 0 bridgehead atoms. The Morgan fingerprint density at radius 2 is 1.44 bits per heavy atom. The molecule has 1 fully saturated rings. The quantitative estimate of drug-likeness (QED) is 0.277. The van der Waals surface area contributed by atoms with Crippen LogP contribution >= 0.6 is 23.4 Å². The maximum absolute atomic E-state index is 9.55. The van der Waals surface area contributed by atoms with E-state index in [1.165, 1.54) is 20.9 Å². The van der Waals surface area contributed by atoms with Gasteiger partial charge in [0.1, 0.15) is 0 Å². The molecule has 2 aromatic carbocycles. The Balaban J connectivity index is 0.000000304. The minimum Gasteiger partial charge on any atom is -0.478 e. The topological polar surface area (TPSA) is 174 Å². The molecule has 11 nitrogen and oxygen atoms in total. The van der Waals surface area contributed by atoms with E-state index in [0.717, 1.165) is 50.8 Å². The fraction of sp³-hybridized carbons (Fsp3) is 0.286. The molecule has 2 aromatic rings. The van der Waals surface area contributed by atoms with Crippen LogP contribution in [0.2, 0.25) is 5.02 Å². The van der Waals surface area contributed by atoms with Gasteiger partial charge in [0.25, 0.3) is 0 Å². The fourth-order valence-corrected chi connectivity index (χ4v) is 5.05. The van der Waals surface area contributed by atoms with Crippen LogP contribution in [0.5, 0.6) is 0 Å². The summed E-state index contributed by atoms with van der Waals surface area (Å²) in [6, 6.07) is 14.8. The van der Waals surface area contributed by atoms with Gasteiger partial charge >= 0.3 is 23.9 Å². The van der Waals surface area contributed by atoms with Gasteiger partial charge < -0.3 is 30.5 Å². The van der Waals surface area contributed by atoms with Crippen molar-refractivity contribution < 1.29 is 44.3 Å². The van der Waals surface area contributed by atoms with Gasteiger partial charge in [0.2, 0.25) is 0 Å². The molecule has 1 saturated heterocycles. The van der Waals surface area contributed by atoms with Crippen molar-refractivity contribution in [2.75, 3.05) is 39.3 Å². The average Bonchev–Trinajstić information content (AvgIpc) is 3.08. The van der Waals surface area contributed by atoms with Crippen LogP contribution in [0.1, 0.15) is 17.2 Å². The van der Waals surface area contributed by atoms with Crippen molar-refractivity contribution in [2.24, 2.45) is 0 Å². The number of ether oxygens (including phenoxy) is 1. The molecule has 0 aromatic heterocycles. The molecule has 41 heavy (non-hydrogen) atoms. The van der Waals surface area contributed by atoms with Crippen LogP contribution in [0.15, 0.2) is 76.6 Å². The number of carboxylic acids is 4. The maximum atomic E-state index is 9.55. The second kappa shape index (κ2) is 17.9. The third-order valence-corrected chi connectivity index (χ3v) is 7.03. The Kier molecular flexibility index (Phi) is 14.6. The van der Waals surface area contributed by atoms with E-state index in [9.17, 15) is 19.2 Å². The predicted octanol–water partition coefficient (Wildman–Crippen LogP) is 3.43. The lowest BCUT2D eigenvalue weighted by Gasteiger charge is -2.28. The van der Waals surface area contributed by atoms with Gasteiger partial charge in [-0.3, -0.25) is 4.90 Å². The van der Waals surface area contributed by atoms with Gasteiger partial charge in [-0.2, -0.15) is 0 Å². The molecule has 0 amide bonds. The minimum absolute atomic E-state index is 0.0627. The second-order valence-corrected chi connectivity index (χ2v) is 10.1. The van der Waals surface area contributed by atoms with Gasteiger partial charge in [-0.15, -0.1) is 0 Å². The van der Waals surface area contributed by atoms with Crippen molar-refractivity contribution in [3.05, 3.63) is 82.9 Å². The summed E-state index contributed by atoms with van der Waals surface area (Å²) in [5.74, 6) is -5.03. The highest BCUT2D eigenvalue weighted by Crippen LogP contribution is 2.42. The van der Waals surface area contributed by atoms with Crippen LogP contribution in [0.25, 0.3) is 0 Å². The minimum atomic E-state index is -1.26. The van der Waals surface area contributed by atoms with Crippen LogP contribution in [-0.4, -0.2) is 88.5 Å². The summed E-state index contributed by atoms with van der Waals surface area (Å²) in [5.41, 5.74) is 2.57. The molecule has 2 heterocycles. The normalized spacial score (nSPS) is 16.3. The summed E-state index contributed by atoms with van der Waals surface area (Å²) in [6.07, 6.45) is 3.20. The number of carboxylic acid groups (broad SMARTS) is 4. The molecule has 0 aliphatic carbocycles. The highest BCUT2D eigenvalue weighted by Gasteiger charge is 2.24. The van der Waals surface area contributed by atoms with Gasteiger partial charge in [0.05, 0.1) is 12.7 Å². The first-order chi connectivity index (χ1) is 19.5. The van der Waals surface area contributed by atoms with E-state index >= 15 is 0 Å². The summed E-state index contributed by atoms with van der Waals surface area (Å²) in [6.45, 7) is 6.11. The maximum Gasteiger partial charge on any atom is 0.328 e. The second-order valence-electron chi connectivity index (χ2n) is 8.57. The zero-order valence-corrected chi connectivity index (χ0v) is 23.5. The fourth-order valence-electron chi connectivity index (χ4n) is 3.76. The molecule has 1 unspecified atom stereocenters. The summed E-state index contributed by atoms with van der Waals surface area (Å²) in [7, 11) is 0. The number of nitrogens with zero attached hydrogens (tertiary/aromatic N) is 1. The molecule has 0 radical (unpaired) electrons. The molecule has 0 spiro atoms. The van der Waals surface area contributed by atoms with Crippen molar-refractivity contribution in [3.8, 4) is 0 Å². The third kappa shape index (κ3) is 13.5. The number of rotatable bonds is 8. The van der Waals surface area contributed by atoms with E-state index in [4.69, 9.17) is 36.8 Å². The van der Waals surface area contributed by atoms with E-state index in [0.29, 0.717) is 24.3 Å². The van der Waals surface area contributed by atoms with E-state index in [1.54, 1.807) is 0 Å². The highest BCUT2D eigenvalue weighted by atomic mass is 35.5. The van der Waals surface area contributed by atoms with Crippen LogP contribution in [0.4, 0.5) is 0 Å². The number of nitrogens with one attached hydrogen (secondary N) is 1. The number of hydrogen-bond donors (Lipinski definition) is 5. The standard InChI is InChI=1S/C20H23ClN2OS.2C4H4O4/c21-16-5-6-20-17(14-16)18(13-15-3-1-2-4-19(15)25-20)24-12-11-23-9-7-22-8-10-23;2*5-3(6)1-2-4(7)8/h1-6,14,18,22H,7-13H2;2*1-2H,(H,5,6)(H,7,8)/b;2*2-1-. The van der Waals surface area contributed by atoms with Crippen molar-refractivity contribution in [2.45, 2.75) is 22.3 Å². The number of hydrogen-bond acceptors (Lipinski definition) is 8. The summed E-state index contributed by atoms with van der Waals surface area (Å²) < 4.78 is 6.37. The van der Waals surface area contributed by atoms with Gasteiger partial charge in [0.15, 0.2) is 0 Å². The summed E-state index contributed by atoms with van der Waals surface area (Å²) >= 11 is 8.10. The molecule has 2 aliphatic heterocycles. The Labute approximate surface area is 246 Å². The lowest BCUT2D eigenvalue weighted by Crippen LogP contribution is -2.44. The van der Waals surface area contributed by atoms with Crippen molar-refractivity contribution in [3.63, 3.8) is 0 Å². The number of halogens is 1. The Morgan fingerprint density at radius 3 is 2.00 bits per heavy atom. The van der Waals surface area contributed by atoms with E-state index in [2.05, 4.69) is 46.6 Å². The van der Waals surface area contributed by atoms with E-state index in [1.807, 2.05) is 17.8 Å². The molecule has 13 heteroatoms. The van der Waals surface area contributed by atoms with Gasteiger partial charge in [-0.25, -0.2) is 19.2 Å². The zero-order valence-electron chi connectivity index (χ0n) is 21.9. The lowest BCUT2D eigenvalue weighted by atomic mass is 10.0. The molecule has 1 atom stereocenters. The number of piperazine rings is 1. The molecular weight excluding hydrogens is 576 g/mol. The number of aliphatic carboxylic acids is 4. The molecule has 220 valence electrons. The smallest absolute Gasteiger partial charge is 0.328 e. The zero-order chi connectivity index (χ0) is 30.2. The highest BCUT2D eigenvalue weighted by molar-refractivity contribution is 7.99. The number of fused-ring (bicyclic) bond motifs is 2. The van der Waals surface area contributed by atoms with E-state index < -0.39 is 23.9 Å². The molecule has 5 N–H and O–H groups in total. The monoisotopic (exact) mass is 606 g/mol. The lowest BCUT2D eigenvalue weighted by molar-refractivity contribution is -0.134. The molecule has 2 aliphatic rings. The van der Waals surface area contributed by atoms with Crippen molar-refractivity contribution in [1.82, 2.24) is 10.2 Å². The number of carbonyl (C=O) groups is 4. The van der Waals surface area contributed by atoms with Gasteiger partial charge in [-0.05, 0) is 35.4 Å². The Bertz CT molecular complexity index is 1200. The predicted molar refractivity (Wildman–Crippen MR) is 153 cm³/mol. The van der Waals surface area contributed by atoms with E-state index in [-0.39, 0.29) is 6.10 Å². The van der Waals surface area contributed by atoms with Crippen LogP contribution in [0.3, 0.4) is 0 Å². The average molecular weight is 607 g/mol. The largest absolute Gasteiger partial charge is 0.478 e. The molecule has 0 saturated carbocycles. The molecule has 4 rings (SSSR count). The molecular formula is C28H31ClN2O9S. The van der Waals surface area contributed by atoms with Gasteiger partial charge in [0, 0.05) is 78.3 Å². The Hall–Kier alpha value is -3.68. The van der Waals surface area contributed by atoms with Crippen LogP contribution < -0.4 is 5.32 Å². The summed E-state index contributed by atoms with van der Waals surface area (Å²) in [4.78, 5) is 43.3. The van der Waals surface area contributed by atoms with Crippen LogP contribution in [-0.2, 0) is 30.3 Å². The van der Waals surface area contributed by atoms with Crippen molar-refractivity contribution >= 4 is 47.2 Å².